The molecule has 0 aliphatic carbocycles. The molecule has 3 heteroatoms. The fourth-order valence-corrected chi connectivity index (χ4v) is 2.17. The quantitative estimate of drug-likeness (QED) is 0.838. The Bertz CT molecular complexity index is 526. The lowest BCUT2D eigenvalue weighted by molar-refractivity contribution is 0.0884. The van der Waals surface area contributed by atoms with Crippen LogP contribution in [0.5, 0.6) is 0 Å². The molecule has 3 nitrogen and oxygen atoms in total. The monoisotopic (exact) mass is 256 g/mol. The Morgan fingerprint density at radius 1 is 1.21 bits per heavy atom. The van der Waals surface area contributed by atoms with E-state index >= 15 is 0 Å². The van der Waals surface area contributed by atoms with Gasteiger partial charge in [-0.1, -0.05) is 38.1 Å². The second-order valence-electron chi connectivity index (χ2n) is 5.37. The van der Waals surface area contributed by atoms with Crippen LogP contribution in [-0.4, -0.2) is 15.5 Å². The van der Waals surface area contributed by atoms with Gasteiger partial charge in [-0.3, -0.25) is 9.36 Å². The van der Waals surface area contributed by atoms with E-state index in [0.29, 0.717) is 5.92 Å². The zero-order chi connectivity index (χ0) is 13.8. The number of hydrogen-bond acceptors (Lipinski definition) is 2. The van der Waals surface area contributed by atoms with Gasteiger partial charge in [0, 0.05) is 12.4 Å². The van der Waals surface area contributed by atoms with Crippen LogP contribution in [0.2, 0.25) is 0 Å². The summed E-state index contributed by atoms with van der Waals surface area (Å²) in [6.07, 6.45) is 5.93. The summed E-state index contributed by atoms with van der Waals surface area (Å²) in [5.41, 5.74) is 2.37. The summed E-state index contributed by atoms with van der Waals surface area (Å²) in [6, 6.07) is 8.34. The molecule has 0 radical (unpaired) electrons. The van der Waals surface area contributed by atoms with Crippen LogP contribution in [-0.2, 0) is 6.42 Å². The predicted octanol–water partition coefficient (Wildman–Crippen LogP) is 3.53. The van der Waals surface area contributed by atoms with Gasteiger partial charge < -0.3 is 0 Å². The minimum Gasteiger partial charge on any atom is -0.276 e. The second-order valence-corrected chi connectivity index (χ2v) is 5.37. The van der Waals surface area contributed by atoms with E-state index in [4.69, 9.17) is 0 Å². The van der Waals surface area contributed by atoms with Crippen molar-refractivity contribution in [3.8, 4) is 0 Å². The van der Waals surface area contributed by atoms with Crippen LogP contribution >= 0.6 is 0 Å². The average Bonchev–Trinajstić information content (AvgIpc) is 2.91. The van der Waals surface area contributed by atoms with E-state index in [-0.39, 0.29) is 11.8 Å². The first-order valence-electron chi connectivity index (χ1n) is 6.69. The number of rotatable bonds is 4. The normalized spacial score (nSPS) is 12.6. The topological polar surface area (TPSA) is 34.9 Å². The number of benzene rings is 1. The molecule has 0 unspecified atom stereocenters. The van der Waals surface area contributed by atoms with Crippen molar-refractivity contribution in [3.63, 3.8) is 0 Å². The van der Waals surface area contributed by atoms with Gasteiger partial charge in [0.25, 0.3) is 0 Å². The third kappa shape index (κ3) is 3.31. The highest BCUT2D eigenvalue weighted by Gasteiger charge is 2.16. The number of aromatic nitrogens is 2. The van der Waals surface area contributed by atoms with Crippen molar-refractivity contribution in [2.75, 3.05) is 0 Å². The number of hydrogen-bond donors (Lipinski definition) is 0. The maximum Gasteiger partial charge on any atom is 0.239 e. The highest BCUT2D eigenvalue weighted by Crippen LogP contribution is 2.19. The van der Waals surface area contributed by atoms with E-state index in [0.717, 1.165) is 12.0 Å². The standard InChI is InChI=1S/C16H20N2O/c1-12(2)10-14-4-6-15(7-5-14)13(3)16(19)18-9-8-17-11-18/h4-9,11-13H,10H2,1-3H3/t13-/m0/s1. The van der Waals surface area contributed by atoms with E-state index in [1.165, 1.54) is 10.1 Å². The zero-order valence-corrected chi connectivity index (χ0v) is 11.7. The number of imidazole rings is 1. The molecular weight excluding hydrogens is 236 g/mol. The molecule has 0 saturated heterocycles. The second kappa shape index (κ2) is 5.83. The lowest BCUT2D eigenvalue weighted by atomic mass is 9.96. The summed E-state index contributed by atoms with van der Waals surface area (Å²) < 4.78 is 1.53. The van der Waals surface area contributed by atoms with Gasteiger partial charge in [-0.05, 0) is 30.4 Å². The molecule has 0 saturated carbocycles. The smallest absolute Gasteiger partial charge is 0.239 e. The van der Waals surface area contributed by atoms with Crippen molar-refractivity contribution in [1.82, 2.24) is 9.55 Å². The van der Waals surface area contributed by atoms with Crippen molar-refractivity contribution in [3.05, 3.63) is 54.1 Å². The maximum absolute atomic E-state index is 12.2. The third-order valence-corrected chi connectivity index (χ3v) is 3.25. The van der Waals surface area contributed by atoms with E-state index in [9.17, 15) is 4.79 Å². The van der Waals surface area contributed by atoms with Gasteiger partial charge in [0.1, 0.15) is 6.33 Å². The Hall–Kier alpha value is -1.90. The number of carbonyl (C=O) groups is 1. The van der Waals surface area contributed by atoms with Crippen molar-refractivity contribution in [1.29, 1.82) is 0 Å². The zero-order valence-electron chi connectivity index (χ0n) is 11.7. The molecule has 0 fully saturated rings. The lowest BCUT2D eigenvalue weighted by Crippen LogP contribution is -2.16. The van der Waals surface area contributed by atoms with Gasteiger partial charge in [0.15, 0.2) is 0 Å². The number of nitrogens with zero attached hydrogens (tertiary/aromatic N) is 2. The molecule has 1 atom stereocenters. The summed E-state index contributed by atoms with van der Waals surface area (Å²) in [4.78, 5) is 16.1. The van der Waals surface area contributed by atoms with Crippen LogP contribution in [0.3, 0.4) is 0 Å². The van der Waals surface area contributed by atoms with E-state index < -0.39 is 0 Å². The van der Waals surface area contributed by atoms with Gasteiger partial charge in [0.2, 0.25) is 5.91 Å². The van der Waals surface area contributed by atoms with Gasteiger partial charge in [-0.25, -0.2) is 4.98 Å². The summed E-state index contributed by atoms with van der Waals surface area (Å²) in [5.74, 6) is 0.548. The Balaban J connectivity index is 2.11. The molecule has 0 spiro atoms. The van der Waals surface area contributed by atoms with Crippen molar-refractivity contribution >= 4 is 5.91 Å². The molecule has 100 valence electrons. The van der Waals surface area contributed by atoms with Crippen molar-refractivity contribution < 1.29 is 4.79 Å². The van der Waals surface area contributed by atoms with Gasteiger partial charge in [-0.2, -0.15) is 0 Å². The molecule has 0 bridgehead atoms. The molecule has 0 N–H and O–H groups in total. The summed E-state index contributed by atoms with van der Waals surface area (Å²) in [5, 5.41) is 0. The number of carbonyl (C=O) groups excluding carboxylic acids is 1. The molecular formula is C16H20N2O. The SMILES string of the molecule is CC(C)Cc1ccc([C@H](C)C(=O)n2ccnc2)cc1. The fraction of sp³-hybridized carbons (Fsp3) is 0.375. The third-order valence-electron chi connectivity index (χ3n) is 3.25. The van der Waals surface area contributed by atoms with E-state index in [2.05, 4.69) is 43.1 Å². The first kappa shape index (κ1) is 13.5. The van der Waals surface area contributed by atoms with Crippen LogP contribution in [0.1, 0.15) is 42.6 Å². The largest absolute Gasteiger partial charge is 0.276 e. The summed E-state index contributed by atoms with van der Waals surface area (Å²) in [7, 11) is 0. The maximum atomic E-state index is 12.2. The Kier molecular flexibility index (Phi) is 4.15. The highest BCUT2D eigenvalue weighted by atomic mass is 16.2. The lowest BCUT2D eigenvalue weighted by Gasteiger charge is -2.12. The molecule has 2 aromatic rings. The molecule has 1 aromatic carbocycles. The molecule has 19 heavy (non-hydrogen) atoms. The van der Waals surface area contributed by atoms with E-state index in [1.54, 1.807) is 18.7 Å². The molecule has 0 aliphatic rings. The fourth-order valence-electron chi connectivity index (χ4n) is 2.17. The highest BCUT2D eigenvalue weighted by molar-refractivity contribution is 5.85. The Morgan fingerprint density at radius 3 is 2.42 bits per heavy atom. The van der Waals surface area contributed by atoms with Crippen LogP contribution in [0.4, 0.5) is 0 Å². The van der Waals surface area contributed by atoms with Gasteiger partial charge in [0.05, 0.1) is 5.92 Å². The van der Waals surface area contributed by atoms with Gasteiger partial charge >= 0.3 is 0 Å². The van der Waals surface area contributed by atoms with E-state index in [1.807, 2.05) is 6.92 Å². The summed E-state index contributed by atoms with van der Waals surface area (Å²) in [6.45, 7) is 6.35. The minimum absolute atomic E-state index is 0.0501. The molecule has 2 rings (SSSR count). The molecule has 1 aromatic heterocycles. The van der Waals surface area contributed by atoms with Crippen LogP contribution in [0, 0.1) is 5.92 Å². The average molecular weight is 256 g/mol. The van der Waals surface area contributed by atoms with Crippen LogP contribution < -0.4 is 0 Å². The minimum atomic E-state index is -0.151. The first-order valence-corrected chi connectivity index (χ1v) is 6.69. The Morgan fingerprint density at radius 2 is 1.89 bits per heavy atom. The van der Waals surface area contributed by atoms with Crippen molar-refractivity contribution in [2.24, 2.45) is 5.92 Å². The van der Waals surface area contributed by atoms with Crippen molar-refractivity contribution in [2.45, 2.75) is 33.1 Å². The molecule has 0 aliphatic heterocycles. The predicted molar refractivity (Wildman–Crippen MR) is 76.3 cm³/mol. The molecule has 1 heterocycles. The van der Waals surface area contributed by atoms with Gasteiger partial charge in [-0.15, -0.1) is 0 Å². The van der Waals surface area contributed by atoms with Crippen LogP contribution in [0.25, 0.3) is 0 Å². The summed E-state index contributed by atoms with van der Waals surface area (Å²) >= 11 is 0. The Labute approximate surface area is 114 Å². The first-order chi connectivity index (χ1) is 9.08. The van der Waals surface area contributed by atoms with Crippen LogP contribution in [0.15, 0.2) is 43.0 Å². The molecule has 0 amide bonds.